The highest BCUT2D eigenvalue weighted by Gasteiger charge is 2.20. The van der Waals surface area contributed by atoms with Crippen molar-refractivity contribution < 1.29 is 23.1 Å². The number of aryl methyl sites for hydroxylation is 1. The van der Waals surface area contributed by atoms with Crippen LogP contribution in [0.15, 0.2) is 47.1 Å². The van der Waals surface area contributed by atoms with Crippen molar-refractivity contribution in [2.75, 3.05) is 45.7 Å². The number of aromatic nitrogens is 1. The fourth-order valence-electron chi connectivity index (χ4n) is 3.87. The molecule has 2 aromatic carbocycles. The number of rotatable bonds is 8. The van der Waals surface area contributed by atoms with Crippen molar-refractivity contribution in [3.05, 3.63) is 71.2 Å². The van der Waals surface area contributed by atoms with Gasteiger partial charge >= 0.3 is 0 Å². The molecule has 1 N–H and O–H groups in total. The molecule has 0 radical (unpaired) electrons. The average Bonchev–Trinajstić information content (AvgIpc) is 3.31. The molecule has 0 spiro atoms. The Morgan fingerprint density at radius 3 is 2.29 bits per heavy atom. The van der Waals surface area contributed by atoms with Gasteiger partial charge in [-0.3, -0.25) is 14.6 Å². The minimum absolute atomic E-state index is 0.168. The molecule has 34 heavy (non-hydrogen) atoms. The largest absolute Gasteiger partial charge is 0.497 e. The summed E-state index contributed by atoms with van der Waals surface area (Å²) in [5.74, 6) is 1.24. The summed E-state index contributed by atoms with van der Waals surface area (Å²) in [5.41, 5.74) is 2.20. The lowest BCUT2D eigenvalue weighted by Gasteiger charge is -2.34. The third-order valence-electron chi connectivity index (χ3n) is 5.86. The first-order valence-electron chi connectivity index (χ1n) is 11.1. The van der Waals surface area contributed by atoms with Crippen LogP contribution in [-0.4, -0.2) is 61.1 Å². The zero-order valence-electron chi connectivity index (χ0n) is 19.6. The van der Waals surface area contributed by atoms with Gasteiger partial charge < -0.3 is 19.2 Å². The highest BCUT2D eigenvalue weighted by molar-refractivity contribution is 6.02. The number of benzene rings is 2. The number of halogens is 1. The van der Waals surface area contributed by atoms with E-state index < -0.39 is 5.91 Å². The number of ether oxygens (including phenoxy) is 2. The van der Waals surface area contributed by atoms with E-state index in [1.807, 2.05) is 18.2 Å². The van der Waals surface area contributed by atoms with Gasteiger partial charge in [0.05, 0.1) is 20.8 Å². The second-order valence-corrected chi connectivity index (χ2v) is 8.32. The number of carbonyl (C=O) groups excluding carboxylic acids is 1. The third kappa shape index (κ3) is 5.92. The molecule has 0 aliphatic carbocycles. The van der Waals surface area contributed by atoms with Crippen LogP contribution in [0, 0.1) is 12.7 Å². The van der Waals surface area contributed by atoms with E-state index in [2.05, 4.69) is 20.1 Å². The molecule has 1 aliphatic heterocycles. The Balaban J connectivity index is 1.28. The van der Waals surface area contributed by atoms with Gasteiger partial charge in [0.25, 0.3) is 5.91 Å². The Labute approximate surface area is 198 Å². The second-order valence-electron chi connectivity index (χ2n) is 8.32. The SMILES string of the molecule is COc1cc(CN2CCN(Cc3nc(C(=O)Nc4ccc(C)c(F)c4)co3)CC2)cc(OC)c1. The number of carbonyl (C=O) groups is 1. The van der Waals surface area contributed by atoms with E-state index >= 15 is 0 Å². The summed E-state index contributed by atoms with van der Waals surface area (Å²) in [6.45, 7) is 6.50. The molecule has 1 amide bonds. The van der Waals surface area contributed by atoms with Crippen LogP contribution in [0.5, 0.6) is 11.5 Å². The highest BCUT2D eigenvalue weighted by atomic mass is 19.1. The maximum atomic E-state index is 13.7. The van der Waals surface area contributed by atoms with Gasteiger partial charge in [-0.25, -0.2) is 9.37 Å². The predicted molar refractivity (Wildman–Crippen MR) is 126 cm³/mol. The summed E-state index contributed by atoms with van der Waals surface area (Å²) in [4.78, 5) is 21.4. The first-order valence-corrected chi connectivity index (χ1v) is 11.1. The fourth-order valence-corrected chi connectivity index (χ4v) is 3.87. The van der Waals surface area contributed by atoms with Gasteiger partial charge in [0.15, 0.2) is 5.69 Å². The molecule has 0 bridgehead atoms. The van der Waals surface area contributed by atoms with E-state index in [4.69, 9.17) is 13.9 Å². The van der Waals surface area contributed by atoms with Crippen LogP contribution in [0.3, 0.4) is 0 Å². The van der Waals surface area contributed by atoms with Gasteiger partial charge in [-0.15, -0.1) is 0 Å². The molecule has 1 aliphatic rings. The molecule has 1 saturated heterocycles. The maximum Gasteiger partial charge on any atom is 0.277 e. The second kappa shape index (κ2) is 10.7. The standard InChI is InChI=1S/C25H29FN4O4/c1-17-4-5-19(12-22(17)26)27-25(31)23-16-34-24(28-23)15-30-8-6-29(7-9-30)14-18-10-20(32-2)13-21(11-18)33-3/h4-5,10-13,16H,6-9,14-15H2,1-3H3,(H,27,31). The van der Waals surface area contributed by atoms with Crippen LogP contribution in [0.25, 0.3) is 0 Å². The van der Waals surface area contributed by atoms with Crippen LogP contribution in [0.2, 0.25) is 0 Å². The molecule has 0 saturated carbocycles. The number of hydrogen-bond acceptors (Lipinski definition) is 7. The van der Waals surface area contributed by atoms with Crippen molar-refractivity contribution >= 4 is 11.6 Å². The van der Waals surface area contributed by atoms with Gasteiger partial charge in [0.1, 0.15) is 23.6 Å². The Morgan fingerprint density at radius 2 is 1.68 bits per heavy atom. The molecule has 0 atom stereocenters. The number of methoxy groups -OCH3 is 2. The first kappa shape index (κ1) is 23.7. The highest BCUT2D eigenvalue weighted by Crippen LogP contribution is 2.24. The van der Waals surface area contributed by atoms with Crippen LogP contribution < -0.4 is 14.8 Å². The lowest BCUT2D eigenvalue weighted by molar-refractivity contribution is 0.102. The first-order chi connectivity index (χ1) is 16.4. The van der Waals surface area contributed by atoms with Crippen molar-refractivity contribution in [3.8, 4) is 11.5 Å². The lowest BCUT2D eigenvalue weighted by Crippen LogP contribution is -2.45. The summed E-state index contributed by atoms with van der Waals surface area (Å²) in [5, 5.41) is 2.65. The summed E-state index contributed by atoms with van der Waals surface area (Å²) < 4.78 is 29.9. The van der Waals surface area contributed by atoms with Crippen molar-refractivity contribution in [2.45, 2.75) is 20.0 Å². The van der Waals surface area contributed by atoms with Gasteiger partial charge in [-0.2, -0.15) is 0 Å². The fraction of sp³-hybridized carbons (Fsp3) is 0.360. The summed E-state index contributed by atoms with van der Waals surface area (Å²) in [7, 11) is 3.30. The zero-order valence-corrected chi connectivity index (χ0v) is 19.6. The molecule has 1 aromatic heterocycles. The predicted octanol–water partition coefficient (Wildman–Crippen LogP) is 3.71. The molecular weight excluding hydrogens is 439 g/mol. The van der Waals surface area contributed by atoms with Crippen LogP contribution >= 0.6 is 0 Å². The smallest absolute Gasteiger partial charge is 0.277 e. The van der Waals surface area contributed by atoms with E-state index in [0.717, 1.165) is 49.8 Å². The van der Waals surface area contributed by atoms with Gasteiger partial charge in [0.2, 0.25) is 5.89 Å². The Bertz CT molecular complexity index is 1120. The molecular formula is C25H29FN4O4. The van der Waals surface area contributed by atoms with Gasteiger partial charge in [0, 0.05) is 44.5 Å². The molecule has 4 rings (SSSR count). The Kier molecular flexibility index (Phi) is 7.44. The van der Waals surface area contributed by atoms with Crippen LogP contribution in [0.1, 0.15) is 27.5 Å². The maximum absolute atomic E-state index is 13.7. The van der Waals surface area contributed by atoms with E-state index in [1.165, 1.54) is 12.3 Å². The number of amides is 1. The summed E-state index contributed by atoms with van der Waals surface area (Å²) in [6.07, 6.45) is 1.33. The minimum Gasteiger partial charge on any atom is -0.497 e. The lowest BCUT2D eigenvalue weighted by atomic mass is 10.1. The normalized spacial score (nSPS) is 14.7. The van der Waals surface area contributed by atoms with Crippen molar-refractivity contribution in [2.24, 2.45) is 0 Å². The number of nitrogens with zero attached hydrogens (tertiary/aromatic N) is 3. The van der Waals surface area contributed by atoms with Gasteiger partial charge in [-0.05, 0) is 42.3 Å². The van der Waals surface area contributed by atoms with Crippen molar-refractivity contribution in [1.82, 2.24) is 14.8 Å². The zero-order chi connectivity index (χ0) is 24.1. The molecule has 180 valence electrons. The summed E-state index contributed by atoms with van der Waals surface area (Å²) in [6, 6.07) is 10.5. The van der Waals surface area contributed by atoms with E-state index in [1.54, 1.807) is 33.3 Å². The number of nitrogens with one attached hydrogen (secondary N) is 1. The van der Waals surface area contributed by atoms with E-state index in [-0.39, 0.29) is 11.5 Å². The Hall–Kier alpha value is -3.43. The monoisotopic (exact) mass is 468 g/mol. The van der Waals surface area contributed by atoms with E-state index in [9.17, 15) is 9.18 Å². The van der Waals surface area contributed by atoms with Crippen molar-refractivity contribution in [3.63, 3.8) is 0 Å². The topological polar surface area (TPSA) is 80.1 Å². The quantitative estimate of drug-likeness (QED) is 0.540. The molecule has 8 nitrogen and oxygen atoms in total. The minimum atomic E-state index is -0.434. The van der Waals surface area contributed by atoms with E-state index in [0.29, 0.717) is 23.7 Å². The van der Waals surface area contributed by atoms with Crippen LogP contribution in [-0.2, 0) is 13.1 Å². The number of oxazole rings is 1. The number of piperazine rings is 1. The summed E-state index contributed by atoms with van der Waals surface area (Å²) >= 11 is 0. The molecule has 1 fully saturated rings. The molecule has 9 heteroatoms. The average molecular weight is 469 g/mol. The molecule has 0 unspecified atom stereocenters. The van der Waals surface area contributed by atoms with Gasteiger partial charge in [-0.1, -0.05) is 6.07 Å². The molecule has 3 aromatic rings. The molecule has 2 heterocycles. The van der Waals surface area contributed by atoms with Crippen molar-refractivity contribution in [1.29, 1.82) is 0 Å². The number of hydrogen-bond donors (Lipinski definition) is 1. The number of anilines is 1. The van der Waals surface area contributed by atoms with Crippen LogP contribution in [0.4, 0.5) is 10.1 Å². The Morgan fingerprint density at radius 1 is 1.03 bits per heavy atom. The third-order valence-corrected chi connectivity index (χ3v) is 5.86.